The van der Waals surface area contributed by atoms with Crippen molar-refractivity contribution in [2.45, 2.75) is 37.8 Å². The summed E-state index contributed by atoms with van der Waals surface area (Å²) in [6.45, 7) is 1.23. The first-order valence-electron chi connectivity index (χ1n) is 3.36. The van der Waals surface area contributed by atoms with Crippen LogP contribution in [0.5, 0.6) is 0 Å². The van der Waals surface area contributed by atoms with Gasteiger partial charge >= 0.3 is 6.18 Å². The molecule has 0 saturated heterocycles. The number of hydrogen-bond donors (Lipinski definition) is 3. The Morgan fingerprint density at radius 2 is 1.58 bits per heavy atom. The van der Waals surface area contributed by atoms with Crippen molar-refractivity contribution in [1.29, 1.82) is 0 Å². The zero-order valence-corrected chi connectivity index (χ0v) is 6.41. The molecule has 0 amide bonds. The highest BCUT2D eigenvalue weighted by Crippen LogP contribution is 2.23. The molecule has 0 spiro atoms. The number of alkyl halides is 3. The minimum atomic E-state index is -4.84. The average molecular weight is 188 g/mol. The molecule has 3 nitrogen and oxygen atoms in total. The van der Waals surface area contributed by atoms with E-state index in [1.165, 1.54) is 6.92 Å². The molecule has 74 valence electrons. The van der Waals surface area contributed by atoms with E-state index in [0.29, 0.717) is 0 Å². The van der Waals surface area contributed by atoms with E-state index in [0.717, 1.165) is 0 Å². The zero-order chi connectivity index (χ0) is 9.94. The summed E-state index contributed by atoms with van der Waals surface area (Å²) in [5, 5.41) is 25.7. The van der Waals surface area contributed by atoms with Crippen LogP contribution in [0.15, 0.2) is 0 Å². The Morgan fingerprint density at radius 3 is 1.83 bits per heavy atom. The molecule has 0 aliphatic carbocycles. The van der Waals surface area contributed by atoms with Crippen molar-refractivity contribution in [2.75, 3.05) is 0 Å². The molecule has 3 atom stereocenters. The van der Waals surface area contributed by atoms with Crippen molar-refractivity contribution in [2.24, 2.45) is 0 Å². The molecule has 0 saturated carbocycles. The first-order chi connectivity index (χ1) is 5.25. The fourth-order valence-electron chi connectivity index (χ4n) is 0.697. The standard InChI is InChI=1S/C6H11F3O3/c1-3(10)2-4(11)5(12)6(7,8)9/h3-5,10-12H,2H2,1H3. The number of aliphatic hydroxyl groups is 3. The quantitative estimate of drug-likeness (QED) is 0.586. The van der Waals surface area contributed by atoms with Crippen LogP contribution in [0.25, 0.3) is 0 Å². The molecule has 0 aromatic heterocycles. The molecule has 0 rings (SSSR count). The van der Waals surface area contributed by atoms with Crippen LogP contribution in [0.4, 0.5) is 13.2 Å². The minimum absolute atomic E-state index is 0.499. The molecule has 0 bridgehead atoms. The third-order valence-electron chi connectivity index (χ3n) is 1.28. The summed E-state index contributed by atoms with van der Waals surface area (Å²) in [5.74, 6) is 0. The molecule has 6 heteroatoms. The largest absolute Gasteiger partial charge is 0.416 e. The minimum Gasteiger partial charge on any atom is -0.393 e. The van der Waals surface area contributed by atoms with Crippen LogP contribution in [0.1, 0.15) is 13.3 Å². The van der Waals surface area contributed by atoms with Crippen molar-refractivity contribution in [1.82, 2.24) is 0 Å². The maximum Gasteiger partial charge on any atom is 0.416 e. The van der Waals surface area contributed by atoms with Gasteiger partial charge in [-0.1, -0.05) is 0 Å². The molecule has 0 aliphatic heterocycles. The summed E-state index contributed by atoms with van der Waals surface area (Å²) in [6.07, 6.45) is -11.2. The fourth-order valence-corrected chi connectivity index (χ4v) is 0.697. The molecule has 0 fully saturated rings. The summed E-state index contributed by atoms with van der Waals surface area (Å²) in [6, 6.07) is 0. The fraction of sp³-hybridized carbons (Fsp3) is 1.00. The topological polar surface area (TPSA) is 60.7 Å². The second-order valence-electron chi connectivity index (χ2n) is 2.64. The van der Waals surface area contributed by atoms with E-state index in [1.807, 2.05) is 0 Å². The number of hydrogen-bond acceptors (Lipinski definition) is 3. The van der Waals surface area contributed by atoms with E-state index in [-0.39, 0.29) is 0 Å². The molecule has 3 N–H and O–H groups in total. The molecule has 12 heavy (non-hydrogen) atoms. The first-order valence-corrected chi connectivity index (χ1v) is 3.36. The van der Waals surface area contributed by atoms with Crippen molar-refractivity contribution in [3.05, 3.63) is 0 Å². The van der Waals surface area contributed by atoms with Gasteiger partial charge in [-0.25, -0.2) is 0 Å². The van der Waals surface area contributed by atoms with Crippen LogP contribution in [-0.4, -0.2) is 39.8 Å². The van der Waals surface area contributed by atoms with E-state index in [9.17, 15) is 13.2 Å². The molecular formula is C6H11F3O3. The second-order valence-corrected chi connectivity index (χ2v) is 2.64. The Labute approximate surface area is 67.4 Å². The highest BCUT2D eigenvalue weighted by molar-refractivity contribution is 4.75. The zero-order valence-electron chi connectivity index (χ0n) is 6.41. The molecular weight excluding hydrogens is 177 g/mol. The van der Waals surface area contributed by atoms with Gasteiger partial charge in [0.25, 0.3) is 0 Å². The summed E-state index contributed by atoms with van der Waals surface area (Å²) in [5.41, 5.74) is 0. The van der Waals surface area contributed by atoms with Gasteiger partial charge < -0.3 is 15.3 Å². The summed E-state index contributed by atoms with van der Waals surface area (Å²) >= 11 is 0. The SMILES string of the molecule is CC(O)CC(O)C(O)C(F)(F)F. The average Bonchev–Trinajstić information content (AvgIpc) is 1.82. The first kappa shape index (κ1) is 11.7. The van der Waals surface area contributed by atoms with Crippen LogP contribution in [-0.2, 0) is 0 Å². The highest BCUT2D eigenvalue weighted by Gasteiger charge is 2.43. The predicted octanol–water partition coefficient (Wildman–Crippen LogP) is 0.0414. The lowest BCUT2D eigenvalue weighted by Gasteiger charge is -2.20. The van der Waals surface area contributed by atoms with Crippen LogP contribution in [0.2, 0.25) is 0 Å². The van der Waals surface area contributed by atoms with Crippen molar-refractivity contribution in [3.63, 3.8) is 0 Å². The van der Waals surface area contributed by atoms with Crippen molar-refractivity contribution < 1.29 is 28.5 Å². The maximum absolute atomic E-state index is 11.7. The van der Waals surface area contributed by atoms with Crippen molar-refractivity contribution in [3.8, 4) is 0 Å². The molecule has 0 heterocycles. The van der Waals surface area contributed by atoms with Gasteiger partial charge in [-0.3, -0.25) is 0 Å². The smallest absolute Gasteiger partial charge is 0.393 e. The lowest BCUT2D eigenvalue weighted by atomic mass is 10.1. The highest BCUT2D eigenvalue weighted by atomic mass is 19.4. The summed E-state index contributed by atoms with van der Waals surface area (Å²) in [7, 11) is 0. The predicted molar refractivity (Wildman–Crippen MR) is 34.4 cm³/mol. The Kier molecular flexibility index (Phi) is 3.95. The third kappa shape index (κ3) is 3.89. The van der Waals surface area contributed by atoms with Gasteiger partial charge in [-0.15, -0.1) is 0 Å². The lowest BCUT2D eigenvalue weighted by Crippen LogP contribution is -2.41. The molecule has 3 unspecified atom stereocenters. The second kappa shape index (κ2) is 4.06. The van der Waals surface area contributed by atoms with Crippen molar-refractivity contribution >= 4 is 0 Å². The van der Waals surface area contributed by atoms with E-state index in [4.69, 9.17) is 15.3 Å². The molecule has 0 radical (unpaired) electrons. The van der Waals surface area contributed by atoms with Crippen LogP contribution in [0.3, 0.4) is 0 Å². The monoisotopic (exact) mass is 188 g/mol. The van der Waals surface area contributed by atoms with Gasteiger partial charge in [0.05, 0.1) is 12.2 Å². The Hall–Kier alpha value is -0.330. The number of halogens is 3. The van der Waals surface area contributed by atoms with E-state index >= 15 is 0 Å². The Morgan fingerprint density at radius 1 is 1.17 bits per heavy atom. The number of aliphatic hydroxyl groups excluding tert-OH is 3. The number of rotatable bonds is 3. The van der Waals surface area contributed by atoms with Crippen LogP contribution >= 0.6 is 0 Å². The summed E-state index contributed by atoms with van der Waals surface area (Å²) in [4.78, 5) is 0. The third-order valence-corrected chi connectivity index (χ3v) is 1.28. The van der Waals surface area contributed by atoms with E-state index in [2.05, 4.69) is 0 Å². The molecule has 0 aromatic rings. The molecule has 0 aromatic carbocycles. The van der Waals surface area contributed by atoms with Gasteiger partial charge in [0, 0.05) is 6.42 Å². The maximum atomic E-state index is 11.7. The Balaban J connectivity index is 4.01. The van der Waals surface area contributed by atoms with Crippen LogP contribution < -0.4 is 0 Å². The Bertz CT molecular complexity index is 134. The summed E-state index contributed by atoms with van der Waals surface area (Å²) < 4.78 is 35.0. The van der Waals surface area contributed by atoms with Gasteiger partial charge in [-0.2, -0.15) is 13.2 Å². The van der Waals surface area contributed by atoms with E-state index in [1.54, 1.807) is 0 Å². The van der Waals surface area contributed by atoms with E-state index < -0.39 is 30.9 Å². The van der Waals surface area contributed by atoms with Gasteiger partial charge in [-0.05, 0) is 6.92 Å². The lowest BCUT2D eigenvalue weighted by molar-refractivity contribution is -0.232. The molecule has 0 aliphatic rings. The van der Waals surface area contributed by atoms with Crippen LogP contribution in [0, 0.1) is 0 Å². The van der Waals surface area contributed by atoms with Gasteiger partial charge in [0.1, 0.15) is 0 Å². The van der Waals surface area contributed by atoms with Gasteiger partial charge in [0.15, 0.2) is 6.10 Å². The normalized spacial score (nSPS) is 20.2. The van der Waals surface area contributed by atoms with Gasteiger partial charge in [0.2, 0.25) is 0 Å².